The number of rotatable bonds is 4. The average Bonchev–Trinajstić information content (AvgIpc) is 2.39. The Kier molecular flexibility index (Phi) is 4.17. The largest absolute Gasteiger partial charge is 0.389 e. The van der Waals surface area contributed by atoms with Crippen molar-refractivity contribution >= 4 is 28.6 Å². The van der Waals surface area contributed by atoms with Crippen molar-refractivity contribution in [1.82, 2.24) is 0 Å². The molecule has 3 N–H and O–H groups in total. The molecule has 2 nitrogen and oxygen atoms in total. The van der Waals surface area contributed by atoms with Crippen LogP contribution in [0, 0.1) is 6.92 Å². The fourth-order valence-corrected chi connectivity index (χ4v) is 2.35. The van der Waals surface area contributed by atoms with Gasteiger partial charge in [0.25, 0.3) is 0 Å². The fourth-order valence-electron chi connectivity index (χ4n) is 2.12. The van der Waals surface area contributed by atoms with Gasteiger partial charge in [-0.3, -0.25) is 0 Å². The molecule has 0 saturated heterocycles. The monoisotopic (exact) mass is 270 g/mol. The lowest BCUT2D eigenvalue weighted by atomic mass is 10.1. The van der Waals surface area contributed by atoms with Crippen molar-refractivity contribution in [3.8, 4) is 0 Å². The maximum Gasteiger partial charge on any atom is 0.104 e. The van der Waals surface area contributed by atoms with Gasteiger partial charge in [0.1, 0.15) is 4.99 Å². The van der Waals surface area contributed by atoms with Crippen LogP contribution in [0.3, 0.4) is 0 Å². The van der Waals surface area contributed by atoms with Gasteiger partial charge in [0.2, 0.25) is 0 Å². The minimum absolute atomic E-state index is 0.443. The highest BCUT2D eigenvalue weighted by molar-refractivity contribution is 7.80. The molecule has 0 unspecified atom stereocenters. The first-order valence-corrected chi connectivity index (χ1v) is 6.78. The number of nitrogens with two attached hydrogens (primary N) is 1. The van der Waals surface area contributed by atoms with E-state index < -0.39 is 0 Å². The molecule has 0 amide bonds. The number of para-hydroxylation sites is 1. The zero-order chi connectivity index (χ0) is 13.8. The summed E-state index contributed by atoms with van der Waals surface area (Å²) in [6.07, 6.45) is 1.01. The summed E-state index contributed by atoms with van der Waals surface area (Å²) in [7, 11) is 0. The quantitative estimate of drug-likeness (QED) is 0.827. The number of benzene rings is 2. The van der Waals surface area contributed by atoms with E-state index in [0.29, 0.717) is 4.99 Å². The second-order valence-electron chi connectivity index (χ2n) is 4.53. The van der Waals surface area contributed by atoms with Gasteiger partial charge in [0.05, 0.1) is 0 Å². The van der Waals surface area contributed by atoms with Crippen molar-refractivity contribution in [1.29, 1.82) is 0 Å². The van der Waals surface area contributed by atoms with Crippen LogP contribution >= 0.6 is 12.2 Å². The SMILES string of the molecule is CCc1ccccc1Nc1ccc(C(N)=S)c(C)c1. The zero-order valence-corrected chi connectivity index (χ0v) is 12.1. The Bertz CT molecular complexity index is 605. The summed E-state index contributed by atoms with van der Waals surface area (Å²) in [5.41, 5.74) is 11.2. The molecular weight excluding hydrogens is 252 g/mol. The summed E-state index contributed by atoms with van der Waals surface area (Å²) in [6.45, 7) is 4.17. The maximum absolute atomic E-state index is 5.67. The van der Waals surface area contributed by atoms with Gasteiger partial charge in [-0.15, -0.1) is 0 Å². The van der Waals surface area contributed by atoms with Gasteiger partial charge in [0, 0.05) is 16.9 Å². The van der Waals surface area contributed by atoms with Crippen molar-refractivity contribution in [2.75, 3.05) is 5.32 Å². The van der Waals surface area contributed by atoms with Crippen LogP contribution in [0.15, 0.2) is 42.5 Å². The number of nitrogens with one attached hydrogen (secondary N) is 1. The molecule has 0 spiro atoms. The molecule has 0 aromatic heterocycles. The van der Waals surface area contributed by atoms with E-state index in [1.54, 1.807) is 0 Å². The lowest BCUT2D eigenvalue weighted by Gasteiger charge is -2.12. The van der Waals surface area contributed by atoms with Gasteiger partial charge in [-0.1, -0.05) is 37.3 Å². The van der Waals surface area contributed by atoms with Crippen LogP contribution in [0.25, 0.3) is 0 Å². The van der Waals surface area contributed by atoms with E-state index in [0.717, 1.165) is 28.9 Å². The minimum Gasteiger partial charge on any atom is -0.389 e. The molecule has 19 heavy (non-hydrogen) atoms. The number of hydrogen-bond donors (Lipinski definition) is 2. The van der Waals surface area contributed by atoms with Gasteiger partial charge in [0.15, 0.2) is 0 Å². The fraction of sp³-hybridized carbons (Fsp3) is 0.188. The van der Waals surface area contributed by atoms with Gasteiger partial charge in [-0.25, -0.2) is 0 Å². The molecule has 2 aromatic carbocycles. The maximum atomic E-state index is 5.67. The molecule has 0 radical (unpaired) electrons. The second-order valence-corrected chi connectivity index (χ2v) is 4.97. The Morgan fingerprint density at radius 2 is 1.95 bits per heavy atom. The number of anilines is 2. The molecule has 0 aliphatic heterocycles. The predicted molar refractivity (Wildman–Crippen MR) is 86.2 cm³/mol. The van der Waals surface area contributed by atoms with Gasteiger partial charge in [-0.2, -0.15) is 0 Å². The normalized spacial score (nSPS) is 10.2. The van der Waals surface area contributed by atoms with Crippen molar-refractivity contribution in [2.24, 2.45) is 5.73 Å². The van der Waals surface area contributed by atoms with E-state index in [-0.39, 0.29) is 0 Å². The van der Waals surface area contributed by atoms with Crippen LogP contribution in [0.1, 0.15) is 23.6 Å². The van der Waals surface area contributed by atoms with Crippen LogP contribution in [-0.2, 0) is 6.42 Å². The van der Waals surface area contributed by atoms with Crippen LogP contribution in [-0.4, -0.2) is 4.99 Å². The highest BCUT2D eigenvalue weighted by atomic mass is 32.1. The summed E-state index contributed by atoms with van der Waals surface area (Å²) in [5, 5.41) is 3.45. The molecule has 0 fully saturated rings. The Morgan fingerprint density at radius 1 is 1.21 bits per heavy atom. The third-order valence-corrected chi connectivity index (χ3v) is 3.39. The number of thiocarbonyl (C=S) groups is 1. The minimum atomic E-state index is 0.443. The standard InChI is InChI=1S/C16H18N2S/c1-3-12-6-4-5-7-15(12)18-13-8-9-14(16(17)19)11(2)10-13/h4-10,18H,3H2,1-2H3,(H2,17,19). The molecule has 0 heterocycles. The van der Waals surface area contributed by atoms with E-state index in [9.17, 15) is 0 Å². The van der Waals surface area contributed by atoms with Crippen molar-refractivity contribution in [2.45, 2.75) is 20.3 Å². The molecule has 0 bridgehead atoms. The first kappa shape index (κ1) is 13.6. The first-order chi connectivity index (χ1) is 9.11. The summed E-state index contributed by atoms with van der Waals surface area (Å²) < 4.78 is 0. The molecule has 2 aromatic rings. The Morgan fingerprint density at radius 3 is 2.58 bits per heavy atom. The van der Waals surface area contributed by atoms with Gasteiger partial charge in [-0.05, 0) is 48.7 Å². The highest BCUT2D eigenvalue weighted by Gasteiger charge is 2.04. The zero-order valence-electron chi connectivity index (χ0n) is 11.2. The topological polar surface area (TPSA) is 38.0 Å². The first-order valence-electron chi connectivity index (χ1n) is 6.37. The van der Waals surface area contributed by atoms with Crippen LogP contribution in [0.4, 0.5) is 11.4 Å². The Balaban J connectivity index is 2.29. The van der Waals surface area contributed by atoms with Crippen LogP contribution in [0.5, 0.6) is 0 Å². The number of hydrogen-bond acceptors (Lipinski definition) is 2. The van der Waals surface area contributed by atoms with E-state index in [1.807, 2.05) is 25.1 Å². The second kappa shape index (κ2) is 5.85. The summed E-state index contributed by atoms with van der Waals surface area (Å²) in [5.74, 6) is 0. The van der Waals surface area contributed by atoms with Crippen LogP contribution in [0.2, 0.25) is 0 Å². The molecule has 0 saturated carbocycles. The van der Waals surface area contributed by atoms with Crippen LogP contribution < -0.4 is 11.1 Å². The predicted octanol–water partition coefficient (Wildman–Crippen LogP) is 3.94. The van der Waals surface area contributed by atoms with Crippen molar-refractivity contribution in [3.05, 3.63) is 59.2 Å². The third-order valence-electron chi connectivity index (χ3n) is 3.17. The molecule has 2 rings (SSSR count). The van der Waals surface area contributed by atoms with Gasteiger partial charge < -0.3 is 11.1 Å². The Labute approximate surface area is 119 Å². The summed E-state index contributed by atoms with van der Waals surface area (Å²) in [4.78, 5) is 0.443. The lowest BCUT2D eigenvalue weighted by Crippen LogP contribution is -2.11. The van der Waals surface area contributed by atoms with E-state index in [4.69, 9.17) is 18.0 Å². The van der Waals surface area contributed by atoms with E-state index in [1.165, 1.54) is 5.56 Å². The Hall–Kier alpha value is -1.87. The summed E-state index contributed by atoms with van der Waals surface area (Å²) in [6, 6.07) is 14.4. The number of aryl methyl sites for hydroxylation is 2. The lowest BCUT2D eigenvalue weighted by molar-refractivity contribution is 1.14. The van der Waals surface area contributed by atoms with E-state index in [2.05, 4.69) is 36.5 Å². The molecule has 0 aliphatic rings. The molecule has 0 atom stereocenters. The van der Waals surface area contributed by atoms with Crippen molar-refractivity contribution in [3.63, 3.8) is 0 Å². The molecular formula is C16H18N2S. The highest BCUT2D eigenvalue weighted by Crippen LogP contribution is 2.23. The third kappa shape index (κ3) is 3.12. The smallest absolute Gasteiger partial charge is 0.104 e. The van der Waals surface area contributed by atoms with Gasteiger partial charge >= 0.3 is 0 Å². The molecule has 3 heteroatoms. The average molecular weight is 270 g/mol. The molecule has 0 aliphatic carbocycles. The molecule has 98 valence electrons. The van der Waals surface area contributed by atoms with E-state index >= 15 is 0 Å². The summed E-state index contributed by atoms with van der Waals surface area (Å²) >= 11 is 5.02. The van der Waals surface area contributed by atoms with Crippen molar-refractivity contribution < 1.29 is 0 Å².